The number of anilines is 1. The molecule has 0 unspecified atom stereocenters. The minimum Gasteiger partial charge on any atom is -0.497 e. The highest BCUT2D eigenvalue weighted by molar-refractivity contribution is 7.99. The molecule has 210 valence electrons. The number of nitrogens with zero attached hydrogens (tertiary/aromatic N) is 4. The first-order chi connectivity index (χ1) is 20.0. The third-order valence-corrected chi connectivity index (χ3v) is 7.64. The number of nitrogens with one attached hydrogen (secondary N) is 2. The third kappa shape index (κ3) is 6.94. The summed E-state index contributed by atoms with van der Waals surface area (Å²) >= 11 is 2.60. The number of hydrogen-bond acceptors (Lipinski definition) is 10. The number of aromatic nitrogens is 4. The average molecular weight is 591 g/mol. The lowest BCUT2D eigenvalue weighted by molar-refractivity contribution is -0.123. The van der Waals surface area contributed by atoms with Crippen LogP contribution in [0.25, 0.3) is 15.9 Å². The highest BCUT2D eigenvalue weighted by Crippen LogP contribution is 2.32. The number of methoxy groups -OCH3 is 2. The van der Waals surface area contributed by atoms with Gasteiger partial charge in [0.05, 0.1) is 42.4 Å². The normalized spacial score (nSPS) is 10.8. The topological polar surface area (TPSA) is 129 Å². The third-order valence-electron chi connectivity index (χ3n) is 5.76. The molecule has 2 N–H and O–H groups in total. The molecule has 0 saturated heterocycles. The van der Waals surface area contributed by atoms with Crippen molar-refractivity contribution in [1.82, 2.24) is 25.1 Å². The summed E-state index contributed by atoms with van der Waals surface area (Å²) in [4.78, 5) is 29.8. The predicted molar refractivity (Wildman–Crippen MR) is 157 cm³/mol. The second kappa shape index (κ2) is 13.2. The van der Waals surface area contributed by atoms with Crippen LogP contribution in [0.15, 0.2) is 78.0 Å². The Morgan fingerprint density at radius 3 is 2.51 bits per heavy atom. The highest BCUT2D eigenvalue weighted by Gasteiger charge is 2.20. The van der Waals surface area contributed by atoms with Gasteiger partial charge < -0.3 is 24.8 Å². The van der Waals surface area contributed by atoms with E-state index in [-0.39, 0.29) is 30.7 Å². The summed E-state index contributed by atoms with van der Waals surface area (Å²) in [6, 6.07) is 22.1. The fourth-order valence-electron chi connectivity index (χ4n) is 3.83. The van der Waals surface area contributed by atoms with Gasteiger partial charge >= 0.3 is 0 Å². The number of benzene rings is 3. The van der Waals surface area contributed by atoms with Crippen molar-refractivity contribution in [1.29, 1.82) is 0 Å². The molecule has 0 aliphatic heterocycles. The molecule has 3 aromatic carbocycles. The quantitative estimate of drug-likeness (QED) is 0.204. The largest absolute Gasteiger partial charge is 0.497 e. The van der Waals surface area contributed by atoms with Gasteiger partial charge in [-0.05, 0) is 36.4 Å². The molecule has 0 radical (unpaired) electrons. The number of ether oxygens (including phenoxy) is 3. The SMILES string of the molecule is COc1ccc(OC)c(-n2c(CNC(=O)COc3ccccc3)nnc2SCC(=O)Nc2nc3ccccc3s2)c1. The molecule has 0 aliphatic rings. The Balaban J connectivity index is 1.32. The molecule has 2 amide bonds. The van der Waals surface area contributed by atoms with E-state index in [4.69, 9.17) is 14.2 Å². The smallest absolute Gasteiger partial charge is 0.258 e. The van der Waals surface area contributed by atoms with Gasteiger partial charge in [0, 0.05) is 6.07 Å². The number of thioether (sulfide) groups is 1. The van der Waals surface area contributed by atoms with Crippen molar-refractivity contribution in [2.45, 2.75) is 11.7 Å². The maximum atomic E-state index is 12.8. The van der Waals surface area contributed by atoms with Crippen LogP contribution in [0.4, 0.5) is 5.13 Å². The van der Waals surface area contributed by atoms with Crippen LogP contribution in [0.1, 0.15) is 5.82 Å². The van der Waals surface area contributed by atoms with Gasteiger partial charge in [-0.1, -0.05) is 53.4 Å². The van der Waals surface area contributed by atoms with Crippen LogP contribution in [-0.2, 0) is 16.1 Å². The lowest BCUT2D eigenvalue weighted by atomic mass is 10.2. The average Bonchev–Trinajstić information content (AvgIpc) is 3.61. The van der Waals surface area contributed by atoms with E-state index in [2.05, 4.69) is 25.8 Å². The Kier molecular flexibility index (Phi) is 8.96. The molecule has 0 atom stereocenters. The molecule has 2 heterocycles. The molecule has 5 aromatic rings. The number of amides is 2. The summed E-state index contributed by atoms with van der Waals surface area (Å²) in [5.41, 5.74) is 1.42. The fourth-order valence-corrected chi connectivity index (χ4v) is 5.47. The molecule has 0 fully saturated rings. The summed E-state index contributed by atoms with van der Waals surface area (Å²) in [5.74, 6) is 1.63. The molecule has 2 aromatic heterocycles. The number of rotatable bonds is 12. The molecule has 0 saturated carbocycles. The summed E-state index contributed by atoms with van der Waals surface area (Å²) in [7, 11) is 3.12. The van der Waals surface area contributed by atoms with Crippen molar-refractivity contribution in [3.05, 3.63) is 78.6 Å². The lowest BCUT2D eigenvalue weighted by Gasteiger charge is -2.15. The summed E-state index contributed by atoms with van der Waals surface area (Å²) < 4.78 is 19.3. The molecule has 11 nitrogen and oxygen atoms in total. The van der Waals surface area contributed by atoms with Crippen molar-refractivity contribution in [3.8, 4) is 22.9 Å². The Hall–Kier alpha value is -4.62. The molecule has 13 heteroatoms. The first-order valence-electron chi connectivity index (χ1n) is 12.4. The van der Waals surface area contributed by atoms with Gasteiger partial charge in [0.25, 0.3) is 5.91 Å². The molecule has 5 rings (SSSR count). The van der Waals surface area contributed by atoms with Gasteiger partial charge in [-0.15, -0.1) is 10.2 Å². The van der Waals surface area contributed by atoms with Crippen LogP contribution in [0, 0.1) is 0 Å². The van der Waals surface area contributed by atoms with Crippen molar-refractivity contribution in [2.24, 2.45) is 0 Å². The van der Waals surface area contributed by atoms with Crippen molar-refractivity contribution >= 4 is 50.3 Å². The van der Waals surface area contributed by atoms with Crippen molar-refractivity contribution in [2.75, 3.05) is 31.9 Å². The van der Waals surface area contributed by atoms with Crippen molar-refractivity contribution < 1.29 is 23.8 Å². The zero-order valence-electron chi connectivity index (χ0n) is 22.2. The second-order valence-corrected chi connectivity index (χ2v) is 10.4. The first-order valence-corrected chi connectivity index (χ1v) is 14.2. The van der Waals surface area contributed by atoms with E-state index in [0.29, 0.717) is 39.0 Å². The number of carbonyl (C=O) groups is 2. The van der Waals surface area contributed by atoms with E-state index in [0.717, 1.165) is 10.2 Å². The minimum atomic E-state index is -0.328. The monoisotopic (exact) mass is 590 g/mol. The van der Waals surface area contributed by atoms with Crippen molar-refractivity contribution in [3.63, 3.8) is 0 Å². The Morgan fingerprint density at radius 2 is 1.73 bits per heavy atom. The van der Waals surface area contributed by atoms with Crippen LogP contribution in [-0.4, -0.2) is 58.1 Å². The Labute approximate surface area is 243 Å². The van der Waals surface area contributed by atoms with E-state index < -0.39 is 0 Å². The fraction of sp³-hybridized carbons (Fsp3) is 0.179. The van der Waals surface area contributed by atoms with Crippen LogP contribution in [0.5, 0.6) is 17.2 Å². The van der Waals surface area contributed by atoms with Gasteiger partial charge in [0.1, 0.15) is 17.2 Å². The number of thiazole rings is 1. The molecule has 0 bridgehead atoms. The van der Waals surface area contributed by atoms with Crippen LogP contribution < -0.4 is 24.8 Å². The minimum absolute atomic E-state index is 0.0532. The second-order valence-electron chi connectivity index (χ2n) is 8.47. The summed E-state index contributed by atoms with van der Waals surface area (Å²) in [6.45, 7) is -0.100. The Morgan fingerprint density at radius 1 is 0.927 bits per heavy atom. The highest BCUT2D eigenvalue weighted by atomic mass is 32.2. The number of fused-ring (bicyclic) bond motifs is 1. The number of carbonyl (C=O) groups excluding carboxylic acids is 2. The molecular weight excluding hydrogens is 564 g/mol. The van der Waals surface area contributed by atoms with E-state index in [1.165, 1.54) is 23.1 Å². The van der Waals surface area contributed by atoms with E-state index in [1.807, 2.05) is 42.5 Å². The summed E-state index contributed by atoms with van der Waals surface area (Å²) in [5, 5.41) is 15.2. The number of hydrogen-bond donors (Lipinski definition) is 2. The molecule has 0 aliphatic carbocycles. The molecule has 0 spiro atoms. The van der Waals surface area contributed by atoms with E-state index in [9.17, 15) is 9.59 Å². The number of para-hydroxylation sites is 2. The molecule has 41 heavy (non-hydrogen) atoms. The Bertz CT molecular complexity index is 1620. The lowest BCUT2D eigenvalue weighted by Crippen LogP contribution is -2.29. The first kappa shape index (κ1) is 27.9. The van der Waals surface area contributed by atoms with Gasteiger partial charge in [-0.25, -0.2) is 4.98 Å². The maximum Gasteiger partial charge on any atom is 0.258 e. The van der Waals surface area contributed by atoms with Gasteiger partial charge in [-0.3, -0.25) is 14.2 Å². The summed E-state index contributed by atoms with van der Waals surface area (Å²) in [6.07, 6.45) is 0. The predicted octanol–water partition coefficient (Wildman–Crippen LogP) is 4.32. The maximum absolute atomic E-state index is 12.8. The van der Waals surface area contributed by atoms with Crippen LogP contribution in [0.3, 0.4) is 0 Å². The van der Waals surface area contributed by atoms with Gasteiger partial charge in [0.2, 0.25) is 5.91 Å². The van der Waals surface area contributed by atoms with Gasteiger partial charge in [0.15, 0.2) is 22.7 Å². The van der Waals surface area contributed by atoms with Crippen LogP contribution in [0.2, 0.25) is 0 Å². The molecular formula is C28H26N6O5S2. The standard InChI is InChI=1S/C28H26N6O5S2/c1-37-19-12-13-22(38-2)21(14-19)34-24(15-29-25(35)16-39-18-8-4-3-5-9-18)32-33-28(34)40-17-26(36)31-27-30-20-10-6-7-11-23(20)41-27/h3-14H,15-17H2,1-2H3,(H,29,35)(H,30,31,36). The zero-order valence-corrected chi connectivity index (χ0v) is 23.8. The zero-order chi connectivity index (χ0) is 28.6. The van der Waals surface area contributed by atoms with Crippen LogP contribution >= 0.6 is 23.1 Å². The van der Waals surface area contributed by atoms with Gasteiger partial charge in [-0.2, -0.15) is 0 Å². The van der Waals surface area contributed by atoms with E-state index in [1.54, 1.807) is 49.1 Å². The van der Waals surface area contributed by atoms with E-state index >= 15 is 0 Å².